The fourth-order valence-corrected chi connectivity index (χ4v) is 3.98. The molecule has 2 aromatic rings. The highest BCUT2D eigenvalue weighted by Crippen LogP contribution is 2.32. The molecule has 1 aromatic heterocycles. The van der Waals surface area contributed by atoms with Gasteiger partial charge in [0.2, 0.25) is 15.5 Å². The van der Waals surface area contributed by atoms with Gasteiger partial charge in [0.15, 0.2) is 0 Å². The monoisotopic (exact) mass is 304 g/mol. The average Bonchev–Trinajstić information content (AvgIpc) is 3.30. The third-order valence-electron chi connectivity index (χ3n) is 3.51. The van der Waals surface area contributed by atoms with E-state index in [1.54, 1.807) is 0 Å². The van der Waals surface area contributed by atoms with Crippen molar-refractivity contribution in [3.8, 4) is 0 Å². The first-order valence-electron chi connectivity index (χ1n) is 6.82. The molecule has 3 rings (SSSR count). The summed E-state index contributed by atoms with van der Waals surface area (Å²) in [6.45, 7) is 0.294. The van der Waals surface area contributed by atoms with E-state index in [1.165, 1.54) is 22.8 Å². The number of H-pyrrole nitrogens is 1. The van der Waals surface area contributed by atoms with Crippen LogP contribution in [0, 0.1) is 0 Å². The zero-order valence-corrected chi connectivity index (χ0v) is 12.2. The molecular weight excluding hydrogens is 288 g/mol. The van der Waals surface area contributed by atoms with Crippen molar-refractivity contribution >= 4 is 10.0 Å². The highest BCUT2D eigenvalue weighted by molar-refractivity contribution is 7.89. The molecule has 0 aliphatic heterocycles. The number of sulfonamides is 1. The lowest BCUT2D eigenvalue weighted by atomic mass is 10.2. The van der Waals surface area contributed by atoms with E-state index in [-0.39, 0.29) is 10.9 Å². The molecule has 0 saturated heterocycles. The lowest BCUT2D eigenvalue weighted by Gasteiger charge is -2.21. The average molecular weight is 304 g/mol. The van der Waals surface area contributed by atoms with Crippen LogP contribution in [-0.2, 0) is 16.6 Å². The molecule has 0 spiro atoms. The third-order valence-corrected chi connectivity index (χ3v) is 5.43. The number of hydrogen-bond acceptors (Lipinski definition) is 3. The summed E-state index contributed by atoms with van der Waals surface area (Å²) in [6.07, 6.45) is 4.38. The van der Waals surface area contributed by atoms with E-state index in [1.807, 2.05) is 30.3 Å². The molecule has 110 valence electrons. The van der Waals surface area contributed by atoms with E-state index in [2.05, 4.69) is 4.98 Å². The van der Waals surface area contributed by atoms with E-state index < -0.39 is 15.5 Å². The SMILES string of the molecule is O=c1cc[nH]cc1S(=O)(=O)N(Cc1ccccc1)C1CC1. The molecule has 1 fully saturated rings. The summed E-state index contributed by atoms with van der Waals surface area (Å²) in [6, 6.07) is 10.7. The maximum absolute atomic E-state index is 12.7. The van der Waals surface area contributed by atoms with E-state index in [4.69, 9.17) is 0 Å². The zero-order valence-electron chi connectivity index (χ0n) is 11.4. The van der Waals surface area contributed by atoms with Crippen molar-refractivity contribution in [3.63, 3.8) is 0 Å². The van der Waals surface area contributed by atoms with Gasteiger partial charge in [0, 0.05) is 31.0 Å². The van der Waals surface area contributed by atoms with Crippen molar-refractivity contribution in [1.29, 1.82) is 0 Å². The first-order valence-corrected chi connectivity index (χ1v) is 8.26. The van der Waals surface area contributed by atoms with Crippen LogP contribution in [0.3, 0.4) is 0 Å². The number of nitrogens with zero attached hydrogens (tertiary/aromatic N) is 1. The Labute approximate surface area is 123 Å². The maximum atomic E-state index is 12.7. The van der Waals surface area contributed by atoms with Crippen LogP contribution in [0.2, 0.25) is 0 Å². The molecule has 6 heteroatoms. The van der Waals surface area contributed by atoms with Crippen molar-refractivity contribution in [2.75, 3.05) is 0 Å². The van der Waals surface area contributed by atoms with Crippen LogP contribution in [-0.4, -0.2) is 23.7 Å². The van der Waals surface area contributed by atoms with E-state index in [0.717, 1.165) is 18.4 Å². The molecular formula is C15H16N2O3S. The Balaban J connectivity index is 1.98. The van der Waals surface area contributed by atoms with Gasteiger partial charge in [-0.25, -0.2) is 8.42 Å². The molecule has 1 saturated carbocycles. The molecule has 0 amide bonds. The highest BCUT2D eigenvalue weighted by Gasteiger charge is 2.39. The molecule has 1 aliphatic rings. The van der Waals surface area contributed by atoms with Crippen molar-refractivity contribution < 1.29 is 8.42 Å². The number of rotatable bonds is 5. The van der Waals surface area contributed by atoms with Gasteiger partial charge in [-0.3, -0.25) is 4.79 Å². The standard InChI is InChI=1S/C15H16N2O3S/c18-14-8-9-16-10-15(14)21(19,20)17(13-6-7-13)11-12-4-2-1-3-5-12/h1-5,8-10,13H,6-7,11H2,(H,16,18). The predicted octanol–water partition coefficient (Wildman–Crippen LogP) is 1.73. The molecule has 1 N–H and O–H groups in total. The Morgan fingerprint density at radius 1 is 1.14 bits per heavy atom. The molecule has 0 atom stereocenters. The fourth-order valence-electron chi connectivity index (χ4n) is 2.26. The van der Waals surface area contributed by atoms with Crippen LogP contribution in [0.15, 0.2) is 58.5 Å². The predicted molar refractivity (Wildman–Crippen MR) is 79.3 cm³/mol. The number of hydrogen-bond donors (Lipinski definition) is 1. The van der Waals surface area contributed by atoms with Gasteiger partial charge in [-0.2, -0.15) is 4.31 Å². The first-order chi connectivity index (χ1) is 10.1. The first kappa shape index (κ1) is 14.0. The van der Waals surface area contributed by atoms with Crippen LogP contribution < -0.4 is 5.43 Å². The summed E-state index contributed by atoms with van der Waals surface area (Å²) < 4.78 is 26.9. The summed E-state index contributed by atoms with van der Waals surface area (Å²) >= 11 is 0. The highest BCUT2D eigenvalue weighted by atomic mass is 32.2. The largest absolute Gasteiger partial charge is 0.366 e. The Kier molecular flexibility index (Phi) is 3.65. The molecule has 1 aliphatic carbocycles. The topological polar surface area (TPSA) is 70.2 Å². The molecule has 1 heterocycles. The molecule has 21 heavy (non-hydrogen) atoms. The van der Waals surface area contributed by atoms with Gasteiger partial charge >= 0.3 is 0 Å². The van der Waals surface area contributed by atoms with Crippen molar-refractivity contribution in [2.24, 2.45) is 0 Å². The summed E-state index contributed by atoms with van der Waals surface area (Å²) in [7, 11) is -3.78. The number of aromatic amines is 1. The second-order valence-electron chi connectivity index (χ2n) is 5.14. The van der Waals surface area contributed by atoms with Crippen LogP contribution in [0.25, 0.3) is 0 Å². The fraction of sp³-hybridized carbons (Fsp3) is 0.267. The summed E-state index contributed by atoms with van der Waals surface area (Å²) in [5, 5.41) is 0. The molecule has 0 radical (unpaired) electrons. The Hall–Kier alpha value is -1.92. The maximum Gasteiger partial charge on any atom is 0.248 e. The van der Waals surface area contributed by atoms with Gasteiger partial charge in [0.25, 0.3) is 0 Å². The number of benzene rings is 1. The Morgan fingerprint density at radius 3 is 2.48 bits per heavy atom. The number of pyridine rings is 1. The van der Waals surface area contributed by atoms with Gasteiger partial charge in [-0.15, -0.1) is 0 Å². The van der Waals surface area contributed by atoms with E-state index in [9.17, 15) is 13.2 Å². The summed E-state index contributed by atoms with van der Waals surface area (Å²) in [5.74, 6) is 0. The summed E-state index contributed by atoms with van der Waals surface area (Å²) in [4.78, 5) is 14.3. The van der Waals surface area contributed by atoms with Crippen molar-refractivity contribution in [1.82, 2.24) is 9.29 Å². The van der Waals surface area contributed by atoms with Crippen LogP contribution >= 0.6 is 0 Å². The minimum absolute atomic E-state index is 0.00480. The van der Waals surface area contributed by atoms with Gasteiger partial charge in [-0.05, 0) is 18.4 Å². The van der Waals surface area contributed by atoms with Crippen LogP contribution in [0.1, 0.15) is 18.4 Å². The minimum atomic E-state index is -3.78. The molecule has 5 nitrogen and oxygen atoms in total. The smallest absolute Gasteiger partial charge is 0.248 e. The van der Waals surface area contributed by atoms with E-state index >= 15 is 0 Å². The van der Waals surface area contributed by atoms with Crippen molar-refractivity contribution in [3.05, 3.63) is 64.6 Å². The van der Waals surface area contributed by atoms with Gasteiger partial charge < -0.3 is 4.98 Å². The second kappa shape index (κ2) is 5.46. The van der Waals surface area contributed by atoms with Gasteiger partial charge in [0.1, 0.15) is 4.90 Å². The van der Waals surface area contributed by atoms with Crippen LogP contribution in [0.4, 0.5) is 0 Å². The Bertz CT molecular complexity index is 780. The normalized spacial score (nSPS) is 15.3. The lowest BCUT2D eigenvalue weighted by Crippen LogP contribution is -2.35. The molecule has 0 unspecified atom stereocenters. The number of nitrogens with one attached hydrogen (secondary N) is 1. The van der Waals surface area contributed by atoms with Gasteiger partial charge in [0.05, 0.1) is 0 Å². The third kappa shape index (κ3) is 2.91. The van der Waals surface area contributed by atoms with E-state index in [0.29, 0.717) is 6.54 Å². The minimum Gasteiger partial charge on any atom is -0.366 e. The molecule has 0 bridgehead atoms. The summed E-state index contributed by atoms with van der Waals surface area (Å²) in [5.41, 5.74) is 0.438. The zero-order chi connectivity index (χ0) is 14.9. The van der Waals surface area contributed by atoms with Crippen LogP contribution in [0.5, 0.6) is 0 Å². The lowest BCUT2D eigenvalue weighted by molar-refractivity contribution is 0.398. The number of aromatic nitrogens is 1. The molecule has 1 aromatic carbocycles. The van der Waals surface area contributed by atoms with Gasteiger partial charge in [-0.1, -0.05) is 30.3 Å². The quantitative estimate of drug-likeness (QED) is 0.914. The Morgan fingerprint density at radius 2 is 1.86 bits per heavy atom. The second-order valence-corrected chi connectivity index (χ2v) is 7.00. The van der Waals surface area contributed by atoms with Crippen molar-refractivity contribution in [2.45, 2.75) is 30.3 Å².